The summed E-state index contributed by atoms with van der Waals surface area (Å²) >= 11 is 0. The van der Waals surface area contributed by atoms with Gasteiger partial charge in [0.25, 0.3) is 0 Å². The van der Waals surface area contributed by atoms with Gasteiger partial charge in [0.15, 0.2) is 0 Å². The Morgan fingerprint density at radius 3 is 2.53 bits per heavy atom. The number of benzene rings is 1. The van der Waals surface area contributed by atoms with Gasteiger partial charge in [-0.3, -0.25) is 9.59 Å². The van der Waals surface area contributed by atoms with Gasteiger partial charge in [-0.25, -0.2) is 4.39 Å². The van der Waals surface area contributed by atoms with Crippen LogP contribution in [0.2, 0.25) is 0 Å². The summed E-state index contributed by atoms with van der Waals surface area (Å²) in [6.07, 6.45) is 2.44. The van der Waals surface area contributed by atoms with Crippen LogP contribution in [0.3, 0.4) is 0 Å². The van der Waals surface area contributed by atoms with Crippen molar-refractivity contribution < 1.29 is 19.1 Å². The molecule has 1 aromatic rings. The monoisotopic (exact) mass is 265 g/mol. The first-order valence-corrected chi connectivity index (χ1v) is 5.90. The number of carboxylic acids is 1. The first kappa shape index (κ1) is 14.9. The molecule has 1 rings (SSSR count). The summed E-state index contributed by atoms with van der Waals surface area (Å²) in [4.78, 5) is 22.6. The number of carboxylic acid groups (broad SMARTS) is 1. The Morgan fingerprint density at radius 2 is 2.00 bits per heavy atom. The maximum atomic E-state index is 12.8. The maximum Gasteiger partial charge on any atom is 0.312 e. The Morgan fingerprint density at radius 1 is 1.37 bits per heavy atom. The molecule has 0 bridgehead atoms. The Labute approximate surface area is 110 Å². The number of hydrogen-bond acceptors (Lipinski definition) is 2. The predicted molar refractivity (Wildman–Crippen MR) is 69.2 cm³/mol. The maximum absolute atomic E-state index is 12.8. The van der Waals surface area contributed by atoms with Gasteiger partial charge in [0.2, 0.25) is 5.91 Å². The standard InChI is InChI=1S/C14H16FNO3/c1-2-3-4-13(17)16-9-12(14(18)19)10-5-7-11(15)8-6-10/h2,5-8,12H,1,3-4,9H2,(H,16,17)(H,18,19). The van der Waals surface area contributed by atoms with Crippen LogP contribution in [0.25, 0.3) is 0 Å². The first-order valence-electron chi connectivity index (χ1n) is 5.90. The Balaban J connectivity index is 2.63. The molecule has 19 heavy (non-hydrogen) atoms. The number of aliphatic carboxylic acids is 1. The average Bonchev–Trinajstić information content (AvgIpc) is 2.38. The van der Waals surface area contributed by atoms with Crippen molar-refractivity contribution in [2.75, 3.05) is 6.54 Å². The van der Waals surface area contributed by atoms with Crippen molar-refractivity contribution in [2.45, 2.75) is 18.8 Å². The number of carbonyl (C=O) groups excluding carboxylic acids is 1. The Hall–Kier alpha value is -2.17. The summed E-state index contributed by atoms with van der Waals surface area (Å²) in [5, 5.41) is 11.7. The van der Waals surface area contributed by atoms with Crippen molar-refractivity contribution in [3.05, 3.63) is 48.3 Å². The molecule has 2 N–H and O–H groups in total. The van der Waals surface area contributed by atoms with Gasteiger partial charge >= 0.3 is 5.97 Å². The van der Waals surface area contributed by atoms with E-state index in [0.29, 0.717) is 12.0 Å². The molecule has 5 heteroatoms. The third-order valence-electron chi connectivity index (χ3n) is 2.65. The van der Waals surface area contributed by atoms with Crippen LogP contribution in [0.5, 0.6) is 0 Å². The average molecular weight is 265 g/mol. The number of carbonyl (C=O) groups is 2. The number of halogens is 1. The molecule has 0 aliphatic rings. The Kier molecular flexibility index (Phi) is 5.73. The van der Waals surface area contributed by atoms with E-state index < -0.39 is 17.7 Å². The molecular formula is C14H16FNO3. The van der Waals surface area contributed by atoms with Crippen LogP contribution in [0, 0.1) is 5.82 Å². The largest absolute Gasteiger partial charge is 0.481 e. The van der Waals surface area contributed by atoms with Crippen LogP contribution in [0.1, 0.15) is 24.3 Å². The van der Waals surface area contributed by atoms with E-state index >= 15 is 0 Å². The lowest BCUT2D eigenvalue weighted by Crippen LogP contribution is -2.31. The van der Waals surface area contributed by atoms with Crippen LogP contribution in [0.15, 0.2) is 36.9 Å². The van der Waals surface area contributed by atoms with Crippen molar-refractivity contribution in [1.29, 1.82) is 0 Å². The van der Waals surface area contributed by atoms with Crippen molar-refractivity contribution in [1.82, 2.24) is 5.32 Å². The van der Waals surface area contributed by atoms with Crippen molar-refractivity contribution in [3.63, 3.8) is 0 Å². The molecule has 1 unspecified atom stereocenters. The molecule has 0 aliphatic carbocycles. The highest BCUT2D eigenvalue weighted by Crippen LogP contribution is 2.16. The molecule has 1 atom stereocenters. The van der Waals surface area contributed by atoms with Crippen LogP contribution >= 0.6 is 0 Å². The van der Waals surface area contributed by atoms with E-state index in [1.807, 2.05) is 0 Å². The molecule has 0 radical (unpaired) electrons. The van der Waals surface area contributed by atoms with Gasteiger partial charge in [-0.1, -0.05) is 18.2 Å². The van der Waals surface area contributed by atoms with Crippen LogP contribution in [-0.2, 0) is 9.59 Å². The molecular weight excluding hydrogens is 249 g/mol. The minimum atomic E-state index is -1.06. The molecule has 0 spiro atoms. The van der Waals surface area contributed by atoms with Crippen molar-refractivity contribution in [3.8, 4) is 0 Å². The summed E-state index contributed by atoms with van der Waals surface area (Å²) in [5.74, 6) is -2.60. The second-order valence-corrected chi connectivity index (χ2v) is 4.07. The predicted octanol–water partition coefficient (Wildman–Crippen LogP) is 2.08. The number of amides is 1. The summed E-state index contributed by atoms with van der Waals surface area (Å²) in [6.45, 7) is 3.49. The molecule has 1 amide bonds. The van der Waals surface area contributed by atoms with E-state index in [9.17, 15) is 14.0 Å². The van der Waals surface area contributed by atoms with Gasteiger partial charge in [0.05, 0.1) is 5.92 Å². The van der Waals surface area contributed by atoms with E-state index in [4.69, 9.17) is 5.11 Å². The minimum absolute atomic E-state index is 0.0169. The number of rotatable bonds is 7. The van der Waals surface area contributed by atoms with Gasteiger partial charge in [0.1, 0.15) is 5.82 Å². The summed E-state index contributed by atoms with van der Waals surface area (Å²) in [6, 6.07) is 5.21. The zero-order valence-electron chi connectivity index (χ0n) is 10.4. The van der Waals surface area contributed by atoms with Gasteiger partial charge in [0, 0.05) is 13.0 Å². The van der Waals surface area contributed by atoms with E-state index in [1.54, 1.807) is 6.08 Å². The number of allylic oxidation sites excluding steroid dienone is 1. The van der Waals surface area contributed by atoms with E-state index in [2.05, 4.69) is 11.9 Å². The summed E-state index contributed by atoms with van der Waals surface area (Å²) in [5.41, 5.74) is 0.456. The highest BCUT2D eigenvalue weighted by molar-refractivity contribution is 5.79. The minimum Gasteiger partial charge on any atom is -0.481 e. The molecule has 0 aliphatic heterocycles. The van der Waals surface area contributed by atoms with Crippen LogP contribution in [0.4, 0.5) is 4.39 Å². The first-order chi connectivity index (χ1) is 9.04. The Bertz CT molecular complexity index is 456. The number of hydrogen-bond donors (Lipinski definition) is 2. The SMILES string of the molecule is C=CCCC(=O)NCC(C(=O)O)c1ccc(F)cc1. The van der Waals surface area contributed by atoms with E-state index in [1.165, 1.54) is 24.3 Å². The van der Waals surface area contributed by atoms with Crippen molar-refractivity contribution >= 4 is 11.9 Å². The van der Waals surface area contributed by atoms with Gasteiger partial charge in [-0.2, -0.15) is 0 Å². The quantitative estimate of drug-likeness (QED) is 0.742. The highest BCUT2D eigenvalue weighted by atomic mass is 19.1. The third kappa shape index (κ3) is 4.91. The molecule has 1 aromatic carbocycles. The van der Waals surface area contributed by atoms with Gasteiger partial charge in [-0.05, 0) is 24.1 Å². The molecule has 102 valence electrons. The van der Waals surface area contributed by atoms with Crippen molar-refractivity contribution in [2.24, 2.45) is 0 Å². The van der Waals surface area contributed by atoms with Gasteiger partial charge in [-0.15, -0.1) is 6.58 Å². The molecule has 0 saturated carbocycles. The van der Waals surface area contributed by atoms with Crippen LogP contribution < -0.4 is 5.32 Å². The fourth-order valence-corrected chi connectivity index (χ4v) is 1.58. The van der Waals surface area contributed by atoms with Crippen LogP contribution in [-0.4, -0.2) is 23.5 Å². The fourth-order valence-electron chi connectivity index (χ4n) is 1.58. The normalized spacial score (nSPS) is 11.6. The van der Waals surface area contributed by atoms with E-state index in [-0.39, 0.29) is 18.9 Å². The highest BCUT2D eigenvalue weighted by Gasteiger charge is 2.20. The second-order valence-electron chi connectivity index (χ2n) is 4.07. The smallest absolute Gasteiger partial charge is 0.312 e. The zero-order valence-corrected chi connectivity index (χ0v) is 10.4. The summed E-state index contributed by atoms with van der Waals surface area (Å²) in [7, 11) is 0. The lowest BCUT2D eigenvalue weighted by molar-refractivity contribution is -0.138. The lowest BCUT2D eigenvalue weighted by Gasteiger charge is -2.13. The van der Waals surface area contributed by atoms with E-state index in [0.717, 1.165) is 0 Å². The lowest BCUT2D eigenvalue weighted by atomic mass is 9.99. The zero-order chi connectivity index (χ0) is 14.3. The topological polar surface area (TPSA) is 66.4 Å². The molecule has 0 aromatic heterocycles. The molecule has 0 heterocycles. The molecule has 4 nitrogen and oxygen atoms in total. The fraction of sp³-hybridized carbons (Fsp3) is 0.286. The third-order valence-corrected chi connectivity index (χ3v) is 2.65. The molecule has 0 fully saturated rings. The number of nitrogens with one attached hydrogen (secondary N) is 1. The molecule has 0 saturated heterocycles. The van der Waals surface area contributed by atoms with Gasteiger partial charge < -0.3 is 10.4 Å². The summed E-state index contributed by atoms with van der Waals surface area (Å²) < 4.78 is 12.8. The second kappa shape index (κ2) is 7.31.